The van der Waals surface area contributed by atoms with Crippen LogP contribution in [0.25, 0.3) is 5.69 Å². The van der Waals surface area contributed by atoms with Gasteiger partial charge in [-0.3, -0.25) is 4.79 Å². The number of fused-ring (bicyclic) bond motifs is 1. The smallest absolute Gasteiger partial charge is 0.339 e. The second-order valence-electron chi connectivity index (χ2n) is 7.16. The number of methoxy groups -OCH3 is 3. The Morgan fingerprint density at radius 1 is 1.09 bits per heavy atom. The monoisotopic (exact) mass is 456 g/mol. The van der Waals surface area contributed by atoms with Gasteiger partial charge in [-0.1, -0.05) is 29.8 Å². The van der Waals surface area contributed by atoms with Crippen molar-refractivity contribution in [3.8, 4) is 22.9 Å². The van der Waals surface area contributed by atoms with Crippen LogP contribution in [0.4, 0.5) is 5.69 Å². The van der Waals surface area contributed by atoms with Crippen LogP contribution >= 0.6 is 11.6 Å². The Morgan fingerprint density at radius 3 is 2.44 bits per heavy atom. The molecule has 9 heteroatoms. The number of hydrogen-bond acceptors (Lipinski definition) is 5. The number of anilines is 1. The fourth-order valence-corrected chi connectivity index (χ4v) is 4.36. The molecule has 2 heterocycles. The lowest BCUT2D eigenvalue weighted by Crippen LogP contribution is -2.26. The Bertz CT molecular complexity index is 1220. The molecule has 0 spiro atoms. The van der Waals surface area contributed by atoms with E-state index in [2.05, 4.69) is 5.32 Å². The number of nitrogens with one attached hydrogen (secondary N) is 1. The van der Waals surface area contributed by atoms with Crippen LogP contribution in [0.1, 0.15) is 34.0 Å². The second-order valence-corrected chi connectivity index (χ2v) is 7.57. The molecule has 0 radical (unpaired) electrons. The first-order valence-corrected chi connectivity index (χ1v) is 10.1. The van der Waals surface area contributed by atoms with Crippen molar-refractivity contribution in [3.63, 3.8) is 0 Å². The van der Waals surface area contributed by atoms with Gasteiger partial charge in [0.1, 0.15) is 5.56 Å². The fraction of sp³-hybridized carbons (Fsp3) is 0.217. The summed E-state index contributed by atoms with van der Waals surface area (Å²) in [5, 5.41) is 13.0. The van der Waals surface area contributed by atoms with Crippen LogP contribution < -0.4 is 19.5 Å². The normalized spacial score (nSPS) is 15.0. The van der Waals surface area contributed by atoms with E-state index in [9.17, 15) is 14.7 Å². The van der Waals surface area contributed by atoms with Gasteiger partial charge in [0.05, 0.1) is 43.4 Å². The molecule has 4 rings (SSSR count). The zero-order valence-corrected chi connectivity index (χ0v) is 18.4. The maximum atomic E-state index is 12.6. The molecule has 0 bridgehead atoms. The first-order chi connectivity index (χ1) is 15.4. The minimum Gasteiger partial charge on any atom is -0.493 e. The average Bonchev–Trinajstić information content (AvgIpc) is 3.17. The van der Waals surface area contributed by atoms with Crippen LogP contribution in [0.3, 0.4) is 0 Å². The molecule has 0 saturated carbocycles. The van der Waals surface area contributed by atoms with Crippen molar-refractivity contribution >= 4 is 29.2 Å². The van der Waals surface area contributed by atoms with E-state index in [4.69, 9.17) is 25.8 Å². The lowest BCUT2D eigenvalue weighted by molar-refractivity contribution is -0.116. The largest absolute Gasteiger partial charge is 0.493 e. The van der Waals surface area contributed by atoms with Crippen molar-refractivity contribution in [2.75, 3.05) is 26.6 Å². The van der Waals surface area contributed by atoms with Crippen LogP contribution in [0, 0.1) is 0 Å². The van der Waals surface area contributed by atoms with Crippen LogP contribution in [0.15, 0.2) is 42.6 Å². The SMILES string of the molecule is COc1ccc([C@H]2CC(=O)Nc3c(C(=O)O)cn(-c4ccccc4Cl)c32)c(OC)c1OC. The van der Waals surface area contributed by atoms with E-state index in [1.165, 1.54) is 27.5 Å². The van der Waals surface area contributed by atoms with Gasteiger partial charge in [0, 0.05) is 24.1 Å². The highest BCUT2D eigenvalue weighted by molar-refractivity contribution is 6.32. The summed E-state index contributed by atoms with van der Waals surface area (Å²) >= 11 is 6.44. The number of hydrogen-bond donors (Lipinski definition) is 2. The Morgan fingerprint density at radius 2 is 1.81 bits per heavy atom. The molecule has 32 heavy (non-hydrogen) atoms. The lowest BCUT2D eigenvalue weighted by atomic mass is 9.87. The van der Waals surface area contributed by atoms with Gasteiger partial charge in [-0.25, -0.2) is 4.79 Å². The number of para-hydroxylation sites is 1. The molecule has 1 aliphatic rings. The minimum absolute atomic E-state index is 0.0302. The molecule has 0 aliphatic carbocycles. The Balaban J connectivity index is 2.03. The summed E-state index contributed by atoms with van der Waals surface area (Å²) in [5.41, 5.74) is 2.04. The zero-order chi connectivity index (χ0) is 23.0. The number of halogens is 1. The lowest BCUT2D eigenvalue weighted by Gasteiger charge is -2.28. The Hall–Kier alpha value is -3.65. The summed E-state index contributed by atoms with van der Waals surface area (Å²) in [6.45, 7) is 0. The predicted molar refractivity (Wildman–Crippen MR) is 119 cm³/mol. The zero-order valence-electron chi connectivity index (χ0n) is 17.6. The molecule has 0 fully saturated rings. The van der Waals surface area contributed by atoms with Gasteiger partial charge < -0.3 is 29.2 Å². The van der Waals surface area contributed by atoms with Gasteiger partial charge >= 0.3 is 5.97 Å². The number of rotatable bonds is 6. The van der Waals surface area contributed by atoms with Crippen LogP contribution in [0.2, 0.25) is 5.02 Å². The Labute approximate surface area is 189 Å². The molecule has 1 atom stereocenters. The highest BCUT2D eigenvalue weighted by Gasteiger charge is 2.37. The van der Waals surface area contributed by atoms with Gasteiger partial charge in [-0.05, 0) is 18.2 Å². The maximum Gasteiger partial charge on any atom is 0.339 e. The van der Waals surface area contributed by atoms with Crippen LogP contribution in [0.5, 0.6) is 17.2 Å². The van der Waals surface area contributed by atoms with Gasteiger partial charge in [0.2, 0.25) is 11.7 Å². The number of benzene rings is 2. The fourth-order valence-electron chi connectivity index (χ4n) is 4.13. The van der Waals surface area contributed by atoms with Crippen molar-refractivity contribution in [1.29, 1.82) is 0 Å². The molecule has 3 aromatic rings. The van der Waals surface area contributed by atoms with Crippen molar-refractivity contribution < 1.29 is 28.9 Å². The molecular weight excluding hydrogens is 436 g/mol. The number of amides is 1. The molecule has 166 valence electrons. The van der Waals surface area contributed by atoms with Crippen molar-refractivity contribution in [2.24, 2.45) is 0 Å². The number of aromatic nitrogens is 1. The molecule has 1 aliphatic heterocycles. The molecule has 8 nitrogen and oxygen atoms in total. The summed E-state index contributed by atoms with van der Waals surface area (Å²) in [5.74, 6) is -0.735. The highest BCUT2D eigenvalue weighted by Crippen LogP contribution is 2.49. The summed E-state index contributed by atoms with van der Waals surface area (Å²) in [6, 6.07) is 10.6. The van der Waals surface area contributed by atoms with Crippen molar-refractivity contribution in [3.05, 3.63) is 64.4 Å². The summed E-state index contributed by atoms with van der Waals surface area (Å²) in [4.78, 5) is 24.6. The van der Waals surface area contributed by atoms with Crippen LogP contribution in [-0.4, -0.2) is 42.9 Å². The Kier molecular flexibility index (Phi) is 5.71. The maximum absolute atomic E-state index is 12.6. The number of carbonyl (C=O) groups excluding carboxylic acids is 1. The summed E-state index contributed by atoms with van der Waals surface area (Å²) in [7, 11) is 4.52. The van der Waals surface area contributed by atoms with E-state index in [1.54, 1.807) is 41.0 Å². The number of carboxylic acid groups (broad SMARTS) is 1. The third kappa shape index (κ3) is 3.42. The predicted octanol–water partition coefficient (Wildman–Crippen LogP) is 4.33. The van der Waals surface area contributed by atoms with Crippen molar-refractivity contribution in [1.82, 2.24) is 4.57 Å². The first-order valence-electron chi connectivity index (χ1n) is 9.73. The van der Waals surface area contributed by atoms with Gasteiger partial charge in [0.15, 0.2) is 11.5 Å². The van der Waals surface area contributed by atoms with E-state index in [1.807, 2.05) is 0 Å². The minimum atomic E-state index is -1.16. The summed E-state index contributed by atoms with van der Waals surface area (Å²) in [6.07, 6.45) is 1.55. The molecular formula is C23H21ClN2O6. The van der Waals surface area contributed by atoms with Crippen LogP contribution in [-0.2, 0) is 4.79 Å². The molecule has 1 amide bonds. The molecule has 0 saturated heterocycles. The quantitative estimate of drug-likeness (QED) is 0.572. The number of ether oxygens (including phenoxy) is 3. The summed E-state index contributed by atoms with van der Waals surface area (Å²) < 4.78 is 18.2. The van der Waals surface area contributed by atoms with E-state index in [-0.39, 0.29) is 23.6 Å². The second kappa shape index (κ2) is 8.47. The standard InChI is InChI=1S/C23H21ClN2O6/c1-30-17-9-8-12(21(31-2)22(17)32-3)13-10-18(27)25-19-14(23(28)29)11-26(20(13)19)16-7-5-4-6-15(16)24/h4-9,11,13H,10H2,1-3H3,(H,25,27)(H,28,29)/t13-/m1/s1. The van der Waals surface area contributed by atoms with E-state index in [0.717, 1.165) is 0 Å². The van der Waals surface area contributed by atoms with Gasteiger partial charge in [-0.2, -0.15) is 0 Å². The van der Waals surface area contributed by atoms with Gasteiger partial charge in [0.25, 0.3) is 0 Å². The third-order valence-electron chi connectivity index (χ3n) is 5.48. The van der Waals surface area contributed by atoms with E-state index in [0.29, 0.717) is 39.2 Å². The highest BCUT2D eigenvalue weighted by atomic mass is 35.5. The number of carbonyl (C=O) groups is 2. The molecule has 1 aromatic heterocycles. The van der Waals surface area contributed by atoms with Gasteiger partial charge in [-0.15, -0.1) is 0 Å². The molecule has 0 unspecified atom stereocenters. The van der Waals surface area contributed by atoms with E-state index < -0.39 is 11.9 Å². The molecule has 2 aromatic carbocycles. The number of aromatic carboxylic acids is 1. The number of nitrogens with zero attached hydrogens (tertiary/aromatic N) is 1. The first kappa shape index (κ1) is 21.6. The topological polar surface area (TPSA) is 99.0 Å². The van der Waals surface area contributed by atoms with E-state index >= 15 is 0 Å². The number of carboxylic acids is 1. The third-order valence-corrected chi connectivity index (χ3v) is 5.80. The molecule has 2 N–H and O–H groups in total. The van der Waals surface area contributed by atoms with Crippen molar-refractivity contribution in [2.45, 2.75) is 12.3 Å². The average molecular weight is 457 g/mol.